The molecule has 1 N–H and O–H groups in total. The van der Waals surface area contributed by atoms with E-state index in [4.69, 9.17) is 4.74 Å². The standard InChI is InChI=1S/C13H16N2O2/c1-13(2,3)17-12(16)15-8-6-10(9-15)11-5-4-7-14-11/h4-9,14H,1-3H3. The topological polar surface area (TPSA) is 47.0 Å². The highest BCUT2D eigenvalue weighted by Gasteiger charge is 2.17. The lowest BCUT2D eigenvalue weighted by Crippen LogP contribution is -2.26. The average molecular weight is 232 g/mol. The van der Waals surface area contributed by atoms with Crippen LogP contribution in [0.1, 0.15) is 20.8 Å². The van der Waals surface area contributed by atoms with E-state index in [2.05, 4.69) is 4.98 Å². The normalized spacial score (nSPS) is 11.5. The van der Waals surface area contributed by atoms with Gasteiger partial charge < -0.3 is 9.72 Å². The molecule has 2 aromatic heterocycles. The Bertz CT molecular complexity index is 504. The fourth-order valence-electron chi connectivity index (χ4n) is 1.49. The Kier molecular flexibility index (Phi) is 2.79. The van der Waals surface area contributed by atoms with Gasteiger partial charge in [0.05, 0.1) is 0 Å². The maximum absolute atomic E-state index is 11.8. The molecule has 2 heterocycles. The van der Waals surface area contributed by atoms with Gasteiger partial charge in [-0.15, -0.1) is 0 Å². The Balaban J connectivity index is 2.16. The summed E-state index contributed by atoms with van der Waals surface area (Å²) >= 11 is 0. The third-order valence-electron chi connectivity index (χ3n) is 2.21. The second-order valence-electron chi connectivity index (χ2n) is 4.87. The molecule has 0 aliphatic heterocycles. The van der Waals surface area contributed by atoms with E-state index >= 15 is 0 Å². The van der Waals surface area contributed by atoms with Crippen molar-refractivity contribution in [2.24, 2.45) is 0 Å². The number of nitrogens with one attached hydrogen (secondary N) is 1. The van der Waals surface area contributed by atoms with E-state index in [1.807, 2.05) is 45.2 Å². The van der Waals surface area contributed by atoms with Gasteiger partial charge in [0.15, 0.2) is 0 Å². The third-order valence-corrected chi connectivity index (χ3v) is 2.21. The molecule has 0 aliphatic rings. The predicted octanol–water partition coefficient (Wildman–Crippen LogP) is 3.27. The first-order valence-corrected chi connectivity index (χ1v) is 5.51. The molecule has 0 radical (unpaired) electrons. The Hall–Kier alpha value is -1.97. The summed E-state index contributed by atoms with van der Waals surface area (Å²) in [5.74, 6) is 0. The van der Waals surface area contributed by atoms with Gasteiger partial charge in [-0.2, -0.15) is 0 Å². The molecule has 0 atom stereocenters. The molecule has 0 saturated heterocycles. The maximum atomic E-state index is 11.8. The molecule has 2 rings (SSSR count). The van der Waals surface area contributed by atoms with E-state index in [9.17, 15) is 4.79 Å². The molecule has 90 valence electrons. The molecule has 0 saturated carbocycles. The minimum atomic E-state index is -0.478. The van der Waals surface area contributed by atoms with Crippen molar-refractivity contribution in [1.29, 1.82) is 0 Å². The number of carbonyl (C=O) groups is 1. The van der Waals surface area contributed by atoms with Crippen LogP contribution in [0.5, 0.6) is 0 Å². The van der Waals surface area contributed by atoms with Crippen molar-refractivity contribution in [2.45, 2.75) is 26.4 Å². The molecule has 0 aromatic carbocycles. The van der Waals surface area contributed by atoms with Crippen LogP contribution < -0.4 is 0 Å². The fourth-order valence-corrected chi connectivity index (χ4v) is 1.49. The van der Waals surface area contributed by atoms with Gasteiger partial charge in [0.25, 0.3) is 0 Å². The van der Waals surface area contributed by atoms with E-state index in [1.165, 1.54) is 4.57 Å². The smallest absolute Gasteiger partial charge is 0.418 e. The summed E-state index contributed by atoms with van der Waals surface area (Å²) in [4.78, 5) is 14.9. The first kappa shape index (κ1) is 11.5. The quantitative estimate of drug-likeness (QED) is 0.820. The molecule has 17 heavy (non-hydrogen) atoms. The van der Waals surface area contributed by atoms with Crippen LogP contribution in [0.15, 0.2) is 36.8 Å². The Morgan fingerprint density at radius 2 is 2.12 bits per heavy atom. The molecule has 0 unspecified atom stereocenters. The molecule has 0 spiro atoms. The van der Waals surface area contributed by atoms with Crippen LogP contribution in [0.3, 0.4) is 0 Å². The van der Waals surface area contributed by atoms with Gasteiger partial charge in [0.1, 0.15) is 5.60 Å². The first-order chi connectivity index (χ1) is 7.96. The highest BCUT2D eigenvalue weighted by molar-refractivity contribution is 5.73. The van der Waals surface area contributed by atoms with Crippen LogP contribution in [0.25, 0.3) is 11.3 Å². The molecule has 4 heteroatoms. The summed E-state index contributed by atoms with van der Waals surface area (Å²) < 4.78 is 6.71. The van der Waals surface area contributed by atoms with E-state index < -0.39 is 5.60 Å². The number of aromatic amines is 1. The van der Waals surface area contributed by atoms with E-state index in [1.54, 1.807) is 12.4 Å². The number of aromatic nitrogens is 2. The van der Waals surface area contributed by atoms with Crippen molar-refractivity contribution in [2.75, 3.05) is 0 Å². The Morgan fingerprint density at radius 1 is 1.35 bits per heavy atom. The lowest BCUT2D eigenvalue weighted by atomic mass is 10.2. The monoisotopic (exact) mass is 232 g/mol. The number of hydrogen-bond donors (Lipinski definition) is 1. The van der Waals surface area contributed by atoms with Crippen molar-refractivity contribution in [3.63, 3.8) is 0 Å². The lowest BCUT2D eigenvalue weighted by molar-refractivity contribution is 0.0537. The molecule has 0 bridgehead atoms. The van der Waals surface area contributed by atoms with Gasteiger partial charge >= 0.3 is 6.09 Å². The van der Waals surface area contributed by atoms with Crippen molar-refractivity contribution in [3.05, 3.63) is 36.8 Å². The molecular formula is C13H16N2O2. The van der Waals surface area contributed by atoms with Gasteiger partial charge in [-0.3, -0.25) is 4.57 Å². The second-order valence-corrected chi connectivity index (χ2v) is 4.87. The van der Waals surface area contributed by atoms with Gasteiger partial charge in [0, 0.05) is 29.8 Å². The number of carbonyl (C=O) groups excluding carboxylic acids is 1. The Morgan fingerprint density at radius 3 is 2.71 bits per heavy atom. The molecule has 4 nitrogen and oxygen atoms in total. The van der Waals surface area contributed by atoms with Crippen LogP contribution in [-0.2, 0) is 4.74 Å². The summed E-state index contributed by atoms with van der Waals surface area (Å²) in [5, 5.41) is 0. The molecule has 0 aliphatic carbocycles. The molecule has 0 amide bonds. The van der Waals surface area contributed by atoms with Crippen LogP contribution in [0, 0.1) is 0 Å². The highest BCUT2D eigenvalue weighted by atomic mass is 16.6. The zero-order chi connectivity index (χ0) is 12.5. The molecular weight excluding hydrogens is 216 g/mol. The number of rotatable bonds is 1. The summed E-state index contributed by atoms with van der Waals surface area (Å²) in [6.45, 7) is 5.54. The summed E-state index contributed by atoms with van der Waals surface area (Å²) in [6.07, 6.45) is 4.93. The third kappa shape index (κ3) is 2.78. The van der Waals surface area contributed by atoms with Crippen LogP contribution in [0.4, 0.5) is 4.79 Å². The number of hydrogen-bond acceptors (Lipinski definition) is 2. The van der Waals surface area contributed by atoms with Gasteiger partial charge in [-0.1, -0.05) is 0 Å². The van der Waals surface area contributed by atoms with E-state index in [0.717, 1.165) is 11.3 Å². The lowest BCUT2D eigenvalue weighted by Gasteiger charge is -2.19. The van der Waals surface area contributed by atoms with E-state index in [-0.39, 0.29) is 6.09 Å². The van der Waals surface area contributed by atoms with Crippen LogP contribution in [0.2, 0.25) is 0 Å². The van der Waals surface area contributed by atoms with Gasteiger partial charge in [-0.05, 0) is 39.0 Å². The molecule has 0 fully saturated rings. The van der Waals surface area contributed by atoms with E-state index in [0.29, 0.717) is 0 Å². The minimum Gasteiger partial charge on any atom is -0.443 e. The zero-order valence-corrected chi connectivity index (χ0v) is 10.2. The predicted molar refractivity (Wildman–Crippen MR) is 65.9 cm³/mol. The highest BCUT2D eigenvalue weighted by Crippen LogP contribution is 2.18. The summed E-state index contributed by atoms with van der Waals surface area (Å²) in [5.41, 5.74) is 1.46. The van der Waals surface area contributed by atoms with Crippen molar-refractivity contribution in [3.8, 4) is 11.3 Å². The number of ether oxygens (including phenoxy) is 1. The van der Waals surface area contributed by atoms with Crippen molar-refractivity contribution >= 4 is 6.09 Å². The fraction of sp³-hybridized carbons (Fsp3) is 0.308. The van der Waals surface area contributed by atoms with Gasteiger partial charge in [-0.25, -0.2) is 4.79 Å². The average Bonchev–Trinajstić information content (AvgIpc) is 2.86. The minimum absolute atomic E-state index is 0.365. The van der Waals surface area contributed by atoms with Gasteiger partial charge in [0.2, 0.25) is 0 Å². The van der Waals surface area contributed by atoms with Crippen LogP contribution >= 0.6 is 0 Å². The first-order valence-electron chi connectivity index (χ1n) is 5.51. The number of nitrogens with zero attached hydrogens (tertiary/aromatic N) is 1. The van der Waals surface area contributed by atoms with Crippen molar-refractivity contribution in [1.82, 2.24) is 9.55 Å². The van der Waals surface area contributed by atoms with Crippen molar-refractivity contribution < 1.29 is 9.53 Å². The maximum Gasteiger partial charge on any atom is 0.418 e. The Labute approximate surface area is 100 Å². The zero-order valence-electron chi connectivity index (χ0n) is 10.2. The SMILES string of the molecule is CC(C)(C)OC(=O)n1ccc(-c2ccc[nH]2)c1. The molecule has 2 aromatic rings. The number of H-pyrrole nitrogens is 1. The summed E-state index contributed by atoms with van der Waals surface area (Å²) in [6, 6.07) is 5.74. The summed E-state index contributed by atoms with van der Waals surface area (Å²) in [7, 11) is 0. The largest absolute Gasteiger partial charge is 0.443 e. The van der Waals surface area contributed by atoms with Crippen LogP contribution in [-0.4, -0.2) is 21.2 Å². The second kappa shape index (κ2) is 4.13.